The van der Waals surface area contributed by atoms with Crippen molar-refractivity contribution < 1.29 is 22.9 Å². The van der Waals surface area contributed by atoms with E-state index in [1.165, 1.54) is 0 Å². The van der Waals surface area contributed by atoms with E-state index in [0.717, 1.165) is 12.1 Å². The summed E-state index contributed by atoms with van der Waals surface area (Å²) in [4.78, 5) is 23.8. The van der Waals surface area contributed by atoms with Gasteiger partial charge in [-0.1, -0.05) is 5.92 Å². The van der Waals surface area contributed by atoms with E-state index < -0.39 is 22.4 Å². The van der Waals surface area contributed by atoms with Gasteiger partial charge in [0, 0.05) is 25.1 Å². The molecule has 9 heteroatoms. The van der Waals surface area contributed by atoms with Gasteiger partial charge in [-0.15, -0.1) is 6.42 Å². The zero-order valence-corrected chi connectivity index (χ0v) is 13.2. The molecule has 6 nitrogen and oxygen atoms in total. The van der Waals surface area contributed by atoms with Gasteiger partial charge in [-0.05, 0) is 25.0 Å². The van der Waals surface area contributed by atoms with Crippen molar-refractivity contribution in [1.29, 1.82) is 0 Å². The van der Waals surface area contributed by atoms with Crippen LogP contribution >= 0.6 is 0 Å². The lowest BCUT2D eigenvalue weighted by Gasteiger charge is -2.32. The molecule has 0 bridgehead atoms. The Hall–Kier alpha value is -2.76. The largest absolute Gasteiger partial charge is 0.416 e. The number of nitro groups is 1. The van der Waals surface area contributed by atoms with Crippen LogP contribution in [0.5, 0.6) is 0 Å². The fourth-order valence-electron chi connectivity index (χ4n) is 2.78. The van der Waals surface area contributed by atoms with Crippen LogP contribution in [0.3, 0.4) is 0 Å². The molecule has 1 N–H and O–H groups in total. The molecule has 0 spiro atoms. The van der Waals surface area contributed by atoms with Crippen LogP contribution in [-0.4, -0.2) is 30.5 Å². The van der Waals surface area contributed by atoms with Crippen LogP contribution in [0.25, 0.3) is 0 Å². The number of benzene rings is 1. The first-order chi connectivity index (χ1) is 11.7. The molecule has 0 radical (unpaired) electrons. The van der Waals surface area contributed by atoms with Crippen molar-refractivity contribution in [3.8, 4) is 12.3 Å². The number of nitro benzene ring substituents is 1. The Kier molecular flexibility index (Phi) is 5.51. The number of halogens is 3. The van der Waals surface area contributed by atoms with Gasteiger partial charge in [-0.3, -0.25) is 14.9 Å². The maximum atomic E-state index is 12.8. The Balaban J connectivity index is 2.14. The van der Waals surface area contributed by atoms with E-state index >= 15 is 0 Å². The standard InChI is InChI=1S/C16H16F3N3O3/c1-2-7-20-15(23)11-5-8-21(9-6-11)13-4-3-12(16(17,18)19)10-14(13)22(24)25/h1,3-4,10-11H,5-9H2,(H,20,23). The minimum absolute atomic E-state index is 0.125. The van der Waals surface area contributed by atoms with Gasteiger partial charge in [0.25, 0.3) is 5.69 Å². The SMILES string of the molecule is C#CCNC(=O)C1CCN(c2ccc(C(F)(F)F)cc2[N+](=O)[O-])CC1. The fourth-order valence-corrected chi connectivity index (χ4v) is 2.78. The van der Waals surface area contributed by atoms with Crippen molar-refractivity contribution >= 4 is 17.3 Å². The van der Waals surface area contributed by atoms with Crippen molar-refractivity contribution in [2.24, 2.45) is 5.92 Å². The minimum atomic E-state index is -4.65. The molecule has 0 atom stereocenters. The van der Waals surface area contributed by atoms with Crippen LogP contribution in [-0.2, 0) is 11.0 Å². The quantitative estimate of drug-likeness (QED) is 0.512. The number of carbonyl (C=O) groups excluding carboxylic acids is 1. The monoisotopic (exact) mass is 355 g/mol. The Morgan fingerprint density at radius 1 is 1.40 bits per heavy atom. The number of rotatable bonds is 4. The second-order valence-corrected chi connectivity index (χ2v) is 5.64. The summed E-state index contributed by atoms with van der Waals surface area (Å²) in [5, 5.41) is 13.7. The van der Waals surface area contributed by atoms with E-state index in [2.05, 4.69) is 11.2 Å². The number of hydrogen-bond donors (Lipinski definition) is 1. The minimum Gasteiger partial charge on any atom is -0.366 e. The van der Waals surface area contributed by atoms with Crippen LogP contribution in [0.15, 0.2) is 18.2 Å². The predicted octanol–water partition coefficient (Wildman–Crippen LogP) is 2.58. The molecule has 25 heavy (non-hydrogen) atoms. The summed E-state index contributed by atoms with van der Waals surface area (Å²) in [5.41, 5.74) is -1.53. The molecule has 0 saturated carbocycles. The second kappa shape index (κ2) is 7.42. The summed E-state index contributed by atoms with van der Waals surface area (Å²) in [5.74, 6) is 1.85. The number of piperidine rings is 1. The maximum Gasteiger partial charge on any atom is 0.416 e. The zero-order valence-electron chi connectivity index (χ0n) is 13.2. The lowest BCUT2D eigenvalue weighted by molar-refractivity contribution is -0.384. The molecule has 134 valence electrons. The smallest absolute Gasteiger partial charge is 0.366 e. The maximum absolute atomic E-state index is 12.8. The molecule has 0 unspecified atom stereocenters. The summed E-state index contributed by atoms with van der Waals surface area (Å²) in [7, 11) is 0. The zero-order chi connectivity index (χ0) is 18.6. The number of carbonyl (C=O) groups is 1. The number of alkyl halides is 3. The van der Waals surface area contributed by atoms with E-state index in [4.69, 9.17) is 6.42 Å². The third-order valence-electron chi connectivity index (χ3n) is 4.07. The van der Waals surface area contributed by atoms with Crippen molar-refractivity contribution in [2.45, 2.75) is 19.0 Å². The molecule has 1 amide bonds. The van der Waals surface area contributed by atoms with Crippen LogP contribution < -0.4 is 10.2 Å². The lowest BCUT2D eigenvalue weighted by atomic mass is 9.95. The normalized spacial score (nSPS) is 15.5. The number of hydrogen-bond acceptors (Lipinski definition) is 4. The van der Waals surface area contributed by atoms with E-state index in [-0.39, 0.29) is 24.1 Å². The molecule has 1 saturated heterocycles. The highest BCUT2D eigenvalue weighted by molar-refractivity contribution is 5.79. The molecule has 1 fully saturated rings. The van der Waals surface area contributed by atoms with Crippen LogP contribution in [0.2, 0.25) is 0 Å². The predicted molar refractivity (Wildman–Crippen MR) is 84.9 cm³/mol. The van der Waals surface area contributed by atoms with Gasteiger partial charge in [-0.25, -0.2) is 0 Å². The highest BCUT2D eigenvalue weighted by Gasteiger charge is 2.34. The number of terminal acetylenes is 1. The van der Waals surface area contributed by atoms with Crippen LogP contribution in [0.4, 0.5) is 24.5 Å². The molecular weight excluding hydrogens is 339 g/mol. The third kappa shape index (κ3) is 4.41. The van der Waals surface area contributed by atoms with Crippen LogP contribution in [0.1, 0.15) is 18.4 Å². The van der Waals surface area contributed by atoms with Crippen molar-refractivity contribution in [3.63, 3.8) is 0 Å². The first-order valence-corrected chi connectivity index (χ1v) is 7.55. The van der Waals surface area contributed by atoms with Gasteiger partial charge < -0.3 is 10.2 Å². The van der Waals surface area contributed by atoms with Crippen molar-refractivity contribution in [3.05, 3.63) is 33.9 Å². The topological polar surface area (TPSA) is 75.5 Å². The van der Waals surface area contributed by atoms with Gasteiger partial charge in [0.1, 0.15) is 5.69 Å². The van der Waals surface area contributed by atoms with E-state index in [0.29, 0.717) is 32.0 Å². The molecule has 1 aliphatic heterocycles. The van der Waals surface area contributed by atoms with Crippen molar-refractivity contribution in [1.82, 2.24) is 5.32 Å². The van der Waals surface area contributed by atoms with Gasteiger partial charge >= 0.3 is 6.18 Å². The van der Waals surface area contributed by atoms with E-state index in [9.17, 15) is 28.1 Å². The van der Waals surface area contributed by atoms with Gasteiger partial charge in [0.05, 0.1) is 17.0 Å². The van der Waals surface area contributed by atoms with Crippen molar-refractivity contribution in [2.75, 3.05) is 24.5 Å². The number of amides is 1. The molecule has 0 aromatic heterocycles. The van der Waals surface area contributed by atoms with Gasteiger partial charge in [0.2, 0.25) is 5.91 Å². The Bertz CT molecular complexity index is 705. The Morgan fingerprint density at radius 2 is 2.04 bits per heavy atom. The summed E-state index contributed by atoms with van der Waals surface area (Å²) in [6, 6.07) is 2.48. The fraction of sp³-hybridized carbons (Fsp3) is 0.438. The molecule has 1 aromatic carbocycles. The van der Waals surface area contributed by atoms with Gasteiger partial charge in [0.15, 0.2) is 0 Å². The molecule has 1 heterocycles. The summed E-state index contributed by atoms with van der Waals surface area (Å²) in [6.07, 6.45) is 1.31. The first kappa shape index (κ1) is 18.6. The van der Waals surface area contributed by atoms with E-state index in [1.807, 2.05) is 0 Å². The summed E-state index contributed by atoms with van der Waals surface area (Å²) in [6.45, 7) is 0.796. The van der Waals surface area contributed by atoms with E-state index in [1.54, 1.807) is 4.90 Å². The highest BCUT2D eigenvalue weighted by atomic mass is 19.4. The molecule has 2 rings (SSSR count). The van der Waals surface area contributed by atoms with Gasteiger partial charge in [-0.2, -0.15) is 13.2 Å². The third-order valence-corrected chi connectivity index (χ3v) is 4.07. The molecular formula is C16H16F3N3O3. The summed E-state index contributed by atoms with van der Waals surface area (Å²) < 4.78 is 38.3. The van der Waals surface area contributed by atoms with Crippen LogP contribution in [0, 0.1) is 28.4 Å². The average molecular weight is 355 g/mol. The molecule has 0 aliphatic carbocycles. The Morgan fingerprint density at radius 3 is 2.56 bits per heavy atom. The Labute approximate surface area is 142 Å². The lowest BCUT2D eigenvalue weighted by Crippen LogP contribution is -2.40. The number of nitrogens with zero attached hydrogens (tertiary/aromatic N) is 2. The number of anilines is 1. The first-order valence-electron chi connectivity index (χ1n) is 7.55. The average Bonchev–Trinajstić information content (AvgIpc) is 2.58. The summed E-state index contributed by atoms with van der Waals surface area (Å²) >= 11 is 0. The second-order valence-electron chi connectivity index (χ2n) is 5.64. The number of nitrogens with one attached hydrogen (secondary N) is 1. The highest BCUT2D eigenvalue weighted by Crippen LogP contribution is 2.37. The molecule has 1 aliphatic rings. The molecule has 1 aromatic rings.